The number of fused-ring (bicyclic) bond motifs is 2. The molecule has 2 amide bonds. The quantitative estimate of drug-likeness (QED) is 0.216. The number of pyridine rings is 1. The van der Waals surface area contributed by atoms with E-state index in [4.69, 9.17) is 12.2 Å². The van der Waals surface area contributed by atoms with Crippen LogP contribution < -0.4 is 10.6 Å². The number of anilines is 1. The predicted octanol–water partition coefficient (Wildman–Crippen LogP) is 4.29. The second-order valence-corrected chi connectivity index (χ2v) is 12.4. The van der Waals surface area contributed by atoms with Crippen LogP contribution in [0.3, 0.4) is 0 Å². The summed E-state index contributed by atoms with van der Waals surface area (Å²) in [5.74, 6) is -0.677. The van der Waals surface area contributed by atoms with Gasteiger partial charge in [-0.05, 0) is 78.2 Å². The van der Waals surface area contributed by atoms with Crippen LogP contribution in [-0.4, -0.2) is 73.7 Å². The number of hydrogen-bond donors (Lipinski definition) is 3. The van der Waals surface area contributed by atoms with Gasteiger partial charge in [-0.1, -0.05) is 18.6 Å². The minimum atomic E-state index is -4.76. The SMILES string of the molecule is C/C(=N\C(C(=O)N1C2CCC1CC2)C(=S)c1cnc(N[C@H](C)C2CCC2)cc1C(F)(F)F)C(=O)NCC(C)(C)O. The van der Waals surface area contributed by atoms with Gasteiger partial charge >= 0.3 is 6.18 Å². The van der Waals surface area contributed by atoms with Crippen molar-refractivity contribution in [3.63, 3.8) is 0 Å². The molecule has 2 aliphatic heterocycles. The summed E-state index contributed by atoms with van der Waals surface area (Å²) in [6.45, 7) is 6.26. The lowest BCUT2D eigenvalue weighted by Crippen LogP contribution is -2.46. The van der Waals surface area contributed by atoms with E-state index in [1.807, 2.05) is 6.92 Å². The molecule has 1 unspecified atom stereocenters. The summed E-state index contributed by atoms with van der Waals surface area (Å²) in [6, 6.07) is -0.622. The molecule has 3 heterocycles. The van der Waals surface area contributed by atoms with Crippen molar-refractivity contribution in [3.05, 3.63) is 23.4 Å². The molecule has 1 aliphatic carbocycles. The molecule has 0 spiro atoms. The van der Waals surface area contributed by atoms with Gasteiger partial charge in [0.1, 0.15) is 5.82 Å². The molecule has 2 bridgehead atoms. The van der Waals surface area contributed by atoms with Gasteiger partial charge in [-0.3, -0.25) is 14.6 Å². The monoisotopic (exact) mass is 581 g/mol. The minimum Gasteiger partial charge on any atom is -0.389 e. The van der Waals surface area contributed by atoms with Crippen molar-refractivity contribution in [2.45, 2.75) is 109 Å². The van der Waals surface area contributed by atoms with Crippen LogP contribution in [0.2, 0.25) is 0 Å². The Hall–Kier alpha value is -2.60. The lowest BCUT2D eigenvalue weighted by atomic mass is 9.80. The van der Waals surface area contributed by atoms with Crippen molar-refractivity contribution in [2.24, 2.45) is 10.9 Å². The molecular weight excluding hydrogens is 543 g/mol. The molecule has 2 saturated heterocycles. The number of aliphatic imine (C=N–C) groups is 1. The second kappa shape index (κ2) is 11.7. The van der Waals surface area contributed by atoms with E-state index in [2.05, 4.69) is 20.6 Å². The number of amides is 2. The fourth-order valence-electron chi connectivity index (χ4n) is 5.72. The Morgan fingerprint density at radius 3 is 2.27 bits per heavy atom. The van der Waals surface area contributed by atoms with Crippen molar-refractivity contribution in [1.82, 2.24) is 15.2 Å². The summed E-state index contributed by atoms with van der Waals surface area (Å²) in [5, 5.41) is 15.6. The van der Waals surface area contributed by atoms with Crippen molar-refractivity contribution in [1.29, 1.82) is 0 Å². The first-order valence-electron chi connectivity index (χ1n) is 13.9. The first-order valence-corrected chi connectivity index (χ1v) is 14.3. The van der Waals surface area contributed by atoms with Crippen LogP contribution >= 0.6 is 12.2 Å². The lowest BCUT2D eigenvalue weighted by molar-refractivity contribution is -0.138. The molecule has 3 fully saturated rings. The molecule has 3 N–H and O–H groups in total. The third-order valence-electron chi connectivity index (χ3n) is 8.23. The number of halogens is 3. The third kappa shape index (κ3) is 6.82. The predicted molar refractivity (Wildman–Crippen MR) is 150 cm³/mol. The maximum atomic E-state index is 14.3. The summed E-state index contributed by atoms with van der Waals surface area (Å²) in [6.07, 6.45) is 2.71. The zero-order chi connectivity index (χ0) is 29.4. The van der Waals surface area contributed by atoms with E-state index in [9.17, 15) is 27.9 Å². The van der Waals surface area contributed by atoms with Crippen molar-refractivity contribution in [3.8, 4) is 0 Å². The highest BCUT2D eigenvalue weighted by molar-refractivity contribution is 7.81. The summed E-state index contributed by atoms with van der Waals surface area (Å²) in [5.41, 5.74) is -2.71. The molecule has 2 atom stereocenters. The van der Waals surface area contributed by atoms with E-state index in [1.54, 1.807) is 4.90 Å². The van der Waals surface area contributed by atoms with Crippen LogP contribution in [0.15, 0.2) is 17.3 Å². The zero-order valence-corrected chi connectivity index (χ0v) is 24.2. The summed E-state index contributed by atoms with van der Waals surface area (Å²) in [7, 11) is 0. The van der Waals surface area contributed by atoms with Gasteiger partial charge in [-0.25, -0.2) is 4.98 Å². The number of hydrogen-bond acceptors (Lipinski definition) is 7. The standard InChI is InChI=1S/C28H38F3N5O3S/c1-15(17-6-5-7-17)34-22-12-21(28(29,30)31)20(13-32-22)24(40)23(26(38)36-18-8-9-19(36)11-10-18)35-16(2)25(37)33-14-27(3,4)39/h12-13,15,17-19,23,39H,5-11,14H2,1-4H3,(H,32,34)(H,33,37)/b35-16+/t15-,18?,19?,23?/m1/s1. The highest BCUT2D eigenvalue weighted by Gasteiger charge is 2.46. The first-order chi connectivity index (χ1) is 18.7. The summed E-state index contributed by atoms with van der Waals surface area (Å²) < 4.78 is 43.0. The highest BCUT2D eigenvalue weighted by Crippen LogP contribution is 2.39. The third-order valence-corrected chi connectivity index (χ3v) is 8.67. The highest BCUT2D eigenvalue weighted by atomic mass is 32.1. The van der Waals surface area contributed by atoms with Gasteiger partial charge in [-0.2, -0.15) is 13.2 Å². The largest absolute Gasteiger partial charge is 0.417 e. The maximum absolute atomic E-state index is 14.3. The number of nitrogens with one attached hydrogen (secondary N) is 2. The van der Waals surface area contributed by atoms with E-state index < -0.39 is 40.8 Å². The number of aromatic nitrogens is 1. The van der Waals surface area contributed by atoms with Crippen LogP contribution in [0.5, 0.6) is 0 Å². The van der Waals surface area contributed by atoms with Gasteiger partial charge in [0.2, 0.25) is 0 Å². The van der Waals surface area contributed by atoms with Crippen molar-refractivity contribution >= 4 is 40.4 Å². The molecule has 1 aromatic heterocycles. The second-order valence-electron chi connectivity index (χ2n) is 11.9. The van der Waals surface area contributed by atoms with Gasteiger partial charge in [0.05, 0.1) is 21.7 Å². The first kappa shape index (κ1) is 30.4. The summed E-state index contributed by atoms with van der Waals surface area (Å²) >= 11 is 5.55. The Morgan fingerprint density at radius 2 is 1.77 bits per heavy atom. The Labute approximate surface area is 238 Å². The smallest absolute Gasteiger partial charge is 0.389 e. The molecule has 40 heavy (non-hydrogen) atoms. The lowest BCUT2D eigenvalue weighted by Gasteiger charge is -2.32. The van der Waals surface area contributed by atoms with Crippen LogP contribution in [0, 0.1) is 5.92 Å². The van der Waals surface area contributed by atoms with Crippen molar-refractivity contribution < 1.29 is 27.9 Å². The molecule has 12 heteroatoms. The fourth-order valence-corrected chi connectivity index (χ4v) is 6.04. The number of aliphatic hydroxyl groups is 1. The van der Waals surface area contributed by atoms with Gasteiger partial charge in [-0.15, -0.1) is 0 Å². The minimum absolute atomic E-state index is 0.0119. The van der Waals surface area contributed by atoms with E-state index in [0.29, 0.717) is 5.92 Å². The maximum Gasteiger partial charge on any atom is 0.417 e. The Balaban J connectivity index is 1.67. The number of nitrogens with zero attached hydrogens (tertiary/aromatic N) is 3. The molecule has 4 rings (SSSR count). The number of carbonyl (C=O) groups excluding carboxylic acids is 2. The average Bonchev–Trinajstić information content (AvgIpc) is 3.43. The molecule has 8 nitrogen and oxygen atoms in total. The van der Waals surface area contributed by atoms with E-state index >= 15 is 0 Å². The molecule has 3 aliphatic rings. The van der Waals surface area contributed by atoms with Gasteiger partial charge in [0, 0.05) is 36.4 Å². The topological polar surface area (TPSA) is 107 Å². The Bertz CT molecular complexity index is 1160. The molecule has 0 radical (unpaired) electrons. The number of thiocarbonyl (C=S) groups is 1. The molecule has 1 aromatic rings. The van der Waals surface area contributed by atoms with E-state index in [-0.39, 0.29) is 41.1 Å². The zero-order valence-electron chi connectivity index (χ0n) is 23.3. The fraction of sp³-hybridized carbons (Fsp3) is 0.679. The van der Waals surface area contributed by atoms with Crippen LogP contribution in [0.1, 0.15) is 83.8 Å². The number of rotatable bonds is 10. The van der Waals surface area contributed by atoms with Gasteiger partial charge < -0.3 is 20.6 Å². The van der Waals surface area contributed by atoms with Crippen LogP contribution in [0.4, 0.5) is 19.0 Å². The Kier molecular flexibility index (Phi) is 8.89. The molecule has 1 saturated carbocycles. The van der Waals surface area contributed by atoms with Crippen molar-refractivity contribution in [2.75, 3.05) is 11.9 Å². The van der Waals surface area contributed by atoms with E-state index in [1.165, 1.54) is 20.8 Å². The van der Waals surface area contributed by atoms with Crippen LogP contribution in [-0.2, 0) is 15.8 Å². The van der Waals surface area contributed by atoms with Crippen LogP contribution in [0.25, 0.3) is 0 Å². The normalized spacial score (nSPS) is 23.0. The van der Waals surface area contributed by atoms with Gasteiger partial charge in [0.15, 0.2) is 6.04 Å². The van der Waals surface area contributed by atoms with Gasteiger partial charge in [0.25, 0.3) is 11.8 Å². The Morgan fingerprint density at radius 1 is 1.18 bits per heavy atom. The molecule has 220 valence electrons. The van der Waals surface area contributed by atoms with E-state index in [0.717, 1.165) is 57.2 Å². The molecular formula is C28H38F3N5O3S. The average molecular weight is 582 g/mol. The summed E-state index contributed by atoms with van der Waals surface area (Å²) in [4.78, 5) is 36.4. The molecule has 0 aromatic carbocycles. The number of carbonyl (C=O) groups is 2. The number of alkyl halides is 3.